The van der Waals surface area contributed by atoms with E-state index < -0.39 is 9.84 Å². The van der Waals surface area contributed by atoms with E-state index in [0.29, 0.717) is 24.7 Å². The van der Waals surface area contributed by atoms with Gasteiger partial charge in [-0.25, -0.2) is 8.42 Å². The zero-order valence-electron chi connectivity index (χ0n) is 10.0. The fourth-order valence-corrected chi connectivity index (χ4v) is 3.24. The minimum Gasteiger partial charge on any atom is -0.339 e. The minimum atomic E-state index is -2.91. The molecule has 1 aliphatic heterocycles. The molecule has 0 radical (unpaired) electrons. The first-order chi connectivity index (χ1) is 7.96. The molecule has 2 rings (SSSR count). The van der Waals surface area contributed by atoms with Crippen molar-refractivity contribution in [2.24, 2.45) is 0 Å². The molecule has 0 saturated carbocycles. The molecule has 1 saturated heterocycles. The van der Waals surface area contributed by atoms with Crippen LogP contribution in [-0.4, -0.2) is 42.7 Å². The molecule has 2 heterocycles. The van der Waals surface area contributed by atoms with Gasteiger partial charge in [-0.3, -0.25) is 0 Å². The largest absolute Gasteiger partial charge is 0.339 e. The van der Waals surface area contributed by atoms with Gasteiger partial charge in [0, 0.05) is 24.9 Å². The van der Waals surface area contributed by atoms with Crippen molar-refractivity contribution in [3.8, 4) is 0 Å². The quantitative estimate of drug-likeness (QED) is 0.830. The van der Waals surface area contributed by atoms with Gasteiger partial charge in [-0.1, -0.05) is 19.0 Å². The van der Waals surface area contributed by atoms with Gasteiger partial charge in [0.05, 0.1) is 11.5 Å². The van der Waals surface area contributed by atoms with Crippen LogP contribution in [0.25, 0.3) is 0 Å². The predicted octanol–water partition coefficient (Wildman–Crippen LogP) is 0.122. The summed E-state index contributed by atoms with van der Waals surface area (Å²) in [7, 11) is -2.91. The number of rotatable bonds is 3. The first-order valence-corrected chi connectivity index (χ1v) is 7.55. The summed E-state index contributed by atoms with van der Waals surface area (Å²) in [6.07, 6.45) is 0.471. The van der Waals surface area contributed by atoms with Gasteiger partial charge in [0.15, 0.2) is 15.7 Å². The lowest BCUT2D eigenvalue weighted by atomic mass is 10.2. The summed E-state index contributed by atoms with van der Waals surface area (Å²) < 4.78 is 28.0. The van der Waals surface area contributed by atoms with Crippen LogP contribution in [-0.2, 0) is 16.3 Å². The van der Waals surface area contributed by atoms with Gasteiger partial charge < -0.3 is 9.84 Å². The van der Waals surface area contributed by atoms with Crippen LogP contribution in [0.3, 0.4) is 0 Å². The molecule has 1 aliphatic rings. The van der Waals surface area contributed by atoms with E-state index in [1.54, 1.807) is 0 Å². The van der Waals surface area contributed by atoms with Crippen molar-refractivity contribution in [1.82, 2.24) is 15.5 Å². The van der Waals surface area contributed by atoms with Crippen molar-refractivity contribution in [2.75, 3.05) is 18.1 Å². The van der Waals surface area contributed by atoms with Crippen LogP contribution in [0.4, 0.5) is 0 Å². The Morgan fingerprint density at radius 1 is 1.53 bits per heavy atom. The lowest BCUT2D eigenvalue weighted by molar-refractivity contribution is 0.355. The average molecular weight is 259 g/mol. The summed E-state index contributed by atoms with van der Waals surface area (Å²) >= 11 is 0. The minimum absolute atomic E-state index is 0.116. The van der Waals surface area contributed by atoms with E-state index in [1.807, 2.05) is 13.8 Å². The maximum absolute atomic E-state index is 11.5. The molecule has 0 aromatic carbocycles. The Hall–Kier alpha value is -0.950. The Labute approximate surface area is 101 Å². The molecule has 1 unspecified atom stereocenters. The molecular weight excluding hydrogens is 242 g/mol. The number of sulfone groups is 1. The Balaban J connectivity index is 2.00. The lowest BCUT2D eigenvalue weighted by Crippen LogP contribution is -2.46. The third kappa shape index (κ3) is 3.26. The van der Waals surface area contributed by atoms with E-state index in [4.69, 9.17) is 4.52 Å². The van der Waals surface area contributed by atoms with Gasteiger partial charge >= 0.3 is 0 Å². The molecule has 6 nitrogen and oxygen atoms in total. The summed E-state index contributed by atoms with van der Waals surface area (Å²) in [6.45, 7) is 4.47. The summed E-state index contributed by atoms with van der Waals surface area (Å²) in [4.78, 5) is 4.24. The number of aromatic nitrogens is 2. The van der Waals surface area contributed by atoms with Crippen molar-refractivity contribution < 1.29 is 12.9 Å². The zero-order chi connectivity index (χ0) is 12.5. The van der Waals surface area contributed by atoms with Crippen LogP contribution < -0.4 is 5.32 Å². The molecule has 1 fully saturated rings. The second-order valence-corrected chi connectivity index (χ2v) is 6.90. The van der Waals surface area contributed by atoms with Gasteiger partial charge in [0.1, 0.15) is 0 Å². The number of nitrogens with zero attached hydrogens (tertiary/aromatic N) is 2. The van der Waals surface area contributed by atoms with Crippen LogP contribution in [0.15, 0.2) is 4.52 Å². The van der Waals surface area contributed by atoms with E-state index in [1.165, 1.54) is 0 Å². The Bertz CT molecular complexity index is 481. The smallest absolute Gasteiger partial charge is 0.228 e. The molecule has 0 aliphatic carbocycles. The number of hydrogen-bond acceptors (Lipinski definition) is 6. The molecule has 1 N–H and O–H groups in total. The third-order valence-corrected chi connectivity index (χ3v) is 4.46. The van der Waals surface area contributed by atoms with Crippen molar-refractivity contribution in [2.45, 2.75) is 32.2 Å². The molecule has 1 atom stereocenters. The molecular formula is C10H17N3O3S. The summed E-state index contributed by atoms with van der Waals surface area (Å²) in [5, 5.41) is 7.01. The van der Waals surface area contributed by atoms with E-state index in [9.17, 15) is 8.42 Å². The summed E-state index contributed by atoms with van der Waals surface area (Å²) in [5.74, 6) is 1.74. The SMILES string of the molecule is CC(C)c1noc(CC2CS(=O)(=O)CCN2)n1. The maximum atomic E-state index is 11.5. The van der Waals surface area contributed by atoms with E-state index in [-0.39, 0.29) is 23.5 Å². The molecule has 0 bridgehead atoms. The third-order valence-electron chi connectivity index (χ3n) is 2.72. The molecule has 7 heteroatoms. The maximum Gasteiger partial charge on any atom is 0.228 e. The Morgan fingerprint density at radius 2 is 2.29 bits per heavy atom. The fourth-order valence-electron chi connectivity index (χ4n) is 1.79. The van der Waals surface area contributed by atoms with Crippen LogP contribution >= 0.6 is 0 Å². The van der Waals surface area contributed by atoms with Gasteiger partial charge in [0.25, 0.3) is 0 Å². The topological polar surface area (TPSA) is 85.1 Å². The zero-order valence-corrected chi connectivity index (χ0v) is 10.8. The Kier molecular flexibility index (Phi) is 3.48. The Morgan fingerprint density at radius 3 is 2.88 bits per heavy atom. The van der Waals surface area contributed by atoms with Crippen LogP contribution in [0.5, 0.6) is 0 Å². The summed E-state index contributed by atoms with van der Waals surface area (Å²) in [5.41, 5.74) is 0. The monoisotopic (exact) mass is 259 g/mol. The highest BCUT2D eigenvalue weighted by Gasteiger charge is 2.26. The highest BCUT2D eigenvalue weighted by Crippen LogP contribution is 2.12. The summed E-state index contributed by atoms with van der Waals surface area (Å²) in [6, 6.07) is -0.116. The van der Waals surface area contributed by atoms with Crippen molar-refractivity contribution in [3.05, 3.63) is 11.7 Å². The second kappa shape index (κ2) is 4.73. The number of hydrogen-bond donors (Lipinski definition) is 1. The van der Waals surface area contributed by atoms with E-state index >= 15 is 0 Å². The van der Waals surface area contributed by atoms with Crippen LogP contribution in [0.2, 0.25) is 0 Å². The fraction of sp³-hybridized carbons (Fsp3) is 0.800. The molecule has 1 aromatic heterocycles. The first kappa shape index (κ1) is 12.5. The highest BCUT2D eigenvalue weighted by atomic mass is 32.2. The van der Waals surface area contributed by atoms with E-state index in [0.717, 1.165) is 0 Å². The van der Waals surface area contributed by atoms with Crippen LogP contribution in [0, 0.1) is 0 Å². The van der Waals surface area contributed by atoms with Crippen molar-refractivity contribution >= 4 is 9.84 Å². The van der Waals surface area contributed by atoms with E-state index in [2.05, 4.69) is 15.5 Å². The van der Waals surface area contributed by atoms with Crippen molar-refractivity contribution in [3.63, 3.8) is 0 Å². The lowest BCUT2D eigenvalue weighted by Gasteiger charge is -2.21. The van der Waals surface area contributed by atoms with Gasteiger partial charge in [-0.15, -0.1) is 0 Å². The second-order valence-electron chi connectivity index (χ2n) is 4.67. The molecule has 0 spiro atoms. The number of nitrogens with one attached hydrogen (secondary N) is 1. The predicted molar refractivity (Wildman–Crippen MR) is 62.5 cm³/mol. The molecule has 96 valence electrons. The molecule has 1 aromatic rings. The van der Waals surface area contributed by atoms with Crippen molar-refractivity contribution in [1.29, 1.82) is 0 Å². The molecule has 0 amide bonds. The van der Waals surface area contributed by atoms with Gasteiger partial charge in [-0.2, -0.15) is 4.98 Å². The normalized spacial score (nSPS) is 24.1. The van der Waals surface area contributed by atoms with Gasteiger partial charge in [0.2, 0.25) is 5.89 Å². The highest BCUT2D eigenvalue weighted by molar-refractivity contribution is 7.91. The van der Waals surface area contributed by atoms with Gasteiger partial charge in [-0.05, 0) is 0 Å². The van der Waals surface area contributed by atoms with Crippen LogP contribution in [0.1, 0.15) is 31.5 Å². The standard InChI is InChI=1S/C10H17N3O3S/c1-7(2)10-12-9(16-13-10)5-8-6-17(14,15)4-3-11-8/h7-8,11H,3-6H2,1-2H3. The first-order valence-electron chi connectivity index (χ1n) is 5.72. The molecule has 17 heavy (non-hydrogen) atoms. The average Bonchev–Trinajstić information content (AvgIpc) is 2.64.